The van der Waals surface area contributed by atoms with E-state index in [1.807, 2.05) is 0 Å². The molecule has 0 aliphatic heterocycles. The Morgan fingerprint density at radius 1 is 1.23 bits per heavy atom. The topological polar surface area (TPSA) is 59.3 Å². The van der Waals surface area contributed by atoms with E-state index in [2.05, 4.69) is 0 Å². The monoisotopic (exact) mass is 365 g/mol. The first-order chi connectivity index (χ1) is 12.4. The number of carbonyl (C=O) groups excluding carboxylic acids is 1. The number of pyridine rings is 1. The van der Waals surface area contributed by atoms with Crippen molar-refractivity contribution < 1.29 is 23.1 Å². The van der Waals surface area contributed by atoms with Gasteiger partial charge < -0.3 is 9.67 Å². The molecule has 138 valence electrons. The number of hydrogen-bond donors (Lipinski definition) is 1. The van der Waals surface area contributed by atoms with E-state index in [-0.39, 0.29) is 42.4 Å². The molecule has 0 unspecified atom stereocenters. The Kier molecular flexibility index (Phi) is 5.27. The molecular weight excluding hydrogens is 347 g/mol. The van der Waals surface area contributed by atoms with E-state index in [0.717, 1.165) is 29.5 Å². The number of Topliss-reactive ketones (excluding diaryl/α,β-unsaturated/α-hetero) is 1. The highest BCUT2D eigenvalue weighted by atomic mass is 19.2. The lowest BCUT2D eigenvalue weighted by Crippen LogP contribution is -2.27. The fourth-order valence-electron chi connectivity index (χ4n) is 3.07. The summed E-state index contributed by atoms with van der Waals surface area (Å²) in [7, 11) is 0. The van der Waals surface area contributed by atoms with Gasteiger partial charge in [0.15, 0.2) is 23.2 Å². The van der Waals surface area contributed by atoms with Crippen molar-refractivity contribution in [3.8, 4) is 0 Å². The van der Waals surface area contributed by atoms with E-state index in [1.54, 1.807) is 0 Å². The summed E-state index contributed by atoms with van der Waals surface area (Å²) in [5.41, 5.74) is -0.552. The maximum Gasteiger partial charge on any atom is 0.261 e. The fourth-order valence-corrected chi connectivity index (χ4v) is 3.07. The normalized spacial score (nSPS) is 15.1. The van der Waals surface area contributed by atoms with Crippen molar-refractivity contribution >= 4 is 5.78 Å². The van der Waals surface area contributed by atoms with Gasteiger partial charge >= 0.3 is 0 Å². The molecule has 1 fully saturated rings. The van der Waals surface area contributed by atoms with Gasteiger partial charge in [0.05, 0.1) is 12.1 Å². The maximum absolute atomic E-state index is 13.3. The van der Waals surface area contributed by atoms with E-state index in [1.165, 1.54) is 18.3 Å². The summed E-state index contributed by atoms with van der Waals surface area (Å²) >= 11 is 0. The average Bonchev–Trinajstić information content (AvgIpc) is 3.44. The summed E-state index contributed by atoms with van der Waals surface area (Å²) in [4.78, 5) is 25.0. The van der Waals surface area contributed by atoms with Crippen LogP contribution < -0.4 is 5.56 Å². The third-order valence-electron chi connectivity index (χ3n) is 4.69. The molecule has 1 aromatic carbocycles. The lowest BCUT2D eigenvalue weighted by molar-refractivity contribution is 0.0922. The number of hydrogen-bond acceptors (Lipinski definition) is 3. The highest BCUT2D eigenvalue weighted by molar-refractivity contribution is 5.95. The van der Waals surface area contributed by atoms with Crippen LogP contribution in [-0.2, 0) is 6.54 Å². The van der Waals surface area contributed by atoms with Crippen LogP contribution in [0.25, 0.3) is 0 Å². The Morgan fingerprint density at radius 2 is 1.88 bits per heavy atom. The highest BCUT2D eigenvalue weighted by Gasteiger charge is 2.32. The van der Waals surface area contributed by atoms with Gasteiger partial charge in [0.2, 0.25) is 0 Å². The summed E-state index contributed by atoms with van der Waals surface area (Å²) in [6.07, 6.45) is 3.42. The van der Waals surface area contributed by atoms with E-state index < -0.39 is 23.0 Å². The first-order valence-corrected chi connectivity index (χ1v) is 8.37. The zero-order valence-electron chi connectivity index (χ0n) is 13.9. The van der Waals surface area contributed by atoms with Gasteiger partial charge in [-0.3, -0.25) is 9.59 Å². The molecule has 1 heterocycles. The minimum atomic E-state index is -1.57. The molecule has 4 nitrogen and oxygen atoms in total. The van der Waals surface area contributed by atoms with Gasteiger partial charge in [-0.05, 0) is 54.5 Å². The SMILES string of the molecule is O=C(C[C@@H](CO)C1CC1)c1cccn(Cc2cc(F)c(F)c(F)c2)c1=O. The highest BCUT2D eigenvalue weighted by Crippen LogP contribution is 2.38. The molecule has 0 radical (unpaired) electrons. The van der Waals surface area contributed by atoms with Crippen LogP contribution in [0.5, 0.6) is 0 Å². The standard InChI is InChI=1S/C19H18F3NO3/c20-15-6-11(7-16(21)18(15)22)9-23-5-1-2-14(19(23)26)17(25)8-13(10-24)12-3-4-12/h1-2,5-7,12-13,24H,3-4,8-10H2/t13-/m0/s1. The second kappa shape index (κ2) is 7.45. The molecule has 1 aliphatic rings. The van der Waals surface area contributed by atoms with Gasteiger partial charge in [-0.25, -0.2) is 13.2 Å². The molecule has 0 saturated heterocycles. The molecule has 26 heavy (non-hydrogen) atoms. The molecule has 1 atom stereocenters. The van der Waals surface area contributed by atoms with Gasteiger partial charge in [-0.2, -0.15) is 0 Å². The van der Waals surface area contributed by atoms with Crippen LogP contribution in [0.15, 0.2) is 35.3 Å². The van der Waals surface area contributed by atoms with Crippen LogP contribution in [0.2, 0.25) is 0 Å². The van der Waals surface area contributed by atoms with E-state index >= 15 is 0 Å². The number of aliphatic hydroxyl groups excluding tert-OH is 1. The Balaban J connectivity index is 1.83. The molecule has 1 saturated carbocycles. The number of halogens is 3. The van der Waals surface area contributed by atoms with E-state index in [4.69, 9.17) is 0 Å². The van der Waals surface area contributed by atoms with Gasteiger partial charge in [-0.15, -0.1) is 0 Å². The largest absolute Gasteiger partial charge is 0.396 e. The molecule has 2 aromatic rings. The first kappa shape index (κ1) is 18.4. The van der Waals surface area contributed by atoms with Crippen molar-refractivity contribution in [2.75, 3.05) is 6.61 Å². The molecule has 0 bridgehead atoms. The van der Waals surface area contributed by atoms with Crippen LogP contribution in [0, 0.1) is 29.3 Å². The summed E-state index contributed by atoms with van der Waals surface area (Å²) in [5, 5.41) is 9.39. The number of nitrogens with zero attached hydrogens (tertiary/aromatic N) is 1. The van der Waals surface area contributed by atoms with Crippen molar-refractivity contribution in [3.63, 3.8) is 0 Å². The zero-order valence-corrected chi connectivity index (χ0v) is 13.9. The molecule has 7 heteroatoms. The summed E-state index contributed by atoms with van der Waals surface area (Å²) in [5.74, 6) is -4.45. The van der Waals surface area contributed by atoms with Crippen LogP contribution in [0.1, 0.15) is 35.2 Å². The predicted molar refractivity (Wildman–Crippen MR) is 88.4 cm³/mol. The van der Waals surface area contributed by atoms with Crippen molar-refractivity contribution in [2.45, 2.75) is 25.8 Å². The average molecular weight is 365 g/mol. The van der Waals surface area contributed by atoms with Gasteiger partial charge in [0.25, 0.3) is 5.56 Å². The zero-order chi connectivity index (χ0) is 18.8. The second-order valence-corrected chi connectivity index (χ2v) is 6.64. The number of carbonyl (C=O) groups is 1. The minimum absolute atomic E-state index is 0.0327. The molecule has 1 aromatic heterocycles. The lowest BCUT2D eigenvalue weighted by atomic mass is 9.95. The minimum Gasteiger partial charge on any atom is -0.396 e. The van der Waals surface area contributed by atoms with Crippen molar-refractivity contribution in [2.24, 2.45) is 11.8 Å². The summed E-state index contributed by atoms with van der Waals surface area (Å²) in [6, 6.07) is 4.52. The quantitative estimate of drug-likeness (QED) is 0.606. The van der Waals surface area contributed by atoms with Crippen molar-refractivity contribution in [1.29, 1.82) is 0 Å². The van der Waals surface area contributed by atoms with Crippen molar-refractivity contribution in [1.82, 2.24) is 4.57 Å². The molecule has 0 amide bonds. The van der Waals surface area contributed by atoms with Gasteiger partial charge in [0, 0.05) is 19.2 Å². The Morgan fingerprint density at radius 3 is 2.46 bits per heavy atom. The predicted octanol–water partition coefficient (Wildman–Crippen LogP) is 2.91. The number of aliphatic hydroxyl groups is 1. The number of ketones is 1. The van der Waals surface area contributed by atoms with Gasteiger partial charge in [-0.1, -0.05) is 0 Å². The first-order valence-electron chi connectivity index (χ1n) is 8.37. The Hall–Kier alpha value is -2.41. The molecule has 0 spiro atoms. The third kappa shape index (κ3) is 3.88. The van der Waals surface area contributed by atoms with Gasteiger partial charge in [0.1, 0.15) is 0 Å². The smallest absolute Gasteiger partial charge is 0.261 e. The number of benzene rings is 1. The third-order valence-corrected chi connectivity index (χ3v) is 4.69. The Labute approximate surface area is 147 Å². The second-order valence-electron chi connectivity index (χ2n) is 6.64. The molecular formula is C19H18F3NO3. The Bertz CT molecular complexity index is 867. The maximum atomic E-state index is 13.3. The van der Waals surface area contributed by atoms with Crippen LogP contribution in [0.3, 0.4) is 0 Å². The van der Waals surface area contributed by atoms with Crippen LogP contribution >= 0.6 is 0 Å². The van der Waals surface area contributed by atoms with E-state index in [0.29, 0.717) is 5.92 Å². The lowest BCUT2D eigenvalue weighted by Gasteiger charge is -2.13. The van der Waals surface area contributed by atoms with Crippen molar-refractivity contribution in [3.05, 3.63) is 69.4 Å². The fraction of sp³-hybridized carbons (Fsp3) is 0.368. The number of rotatable bonds is 7. The summed E-state index contributed by atoms with van der Waals surface area (Å²) in [6.45, 7) is -0.300. The molecule has 1 N–H and O–H groups in total. The molecule has 3 rings (SSSR count). The number of aromatic nitrogens is 1. The van der Waals surface area contributed by atoms with Crippen LogP contribution in [-0.4, -0.2) is 22.1 Å². The van der Waals surface area contributed by atoms with Crippen LogP contribution in [0.4, 0.5) is 13.2 Å². The summed E-state index contributed by atoms with van der Waals surface area (Å²) < 4.78 is 40.9. The van der Waals surface area contributed by atoms with E-state index in [9.17, 15) is 27.9 Å². The molecule has 1 aliphatic carbocycles.